The molecule has 1 fully saturated rings. The summed E-state index contributed by atoms with van der Waals surface area (Å²) in [6, 6.07) is 0. The van der Waals surface area contributed by atoms with Crippen molar-refractivity contribution < 1.29 is 4.74 Å². The molecule has 0 spiro atoms. The highest BCUT2D eigenvalue weighted by Crippen LogP contribution is 1.97. The average Bonchev–Trinajstić information content (AvgIpc) is 2.26. The molecule has 1 heterocycles. The van der Waals surface area contributed by atoms with Crippen molar-refractivity contribution in [1.29, 1.82) is 0 Å². The molecular formula is C11H25N3O. The second kappa shape index (κ2) is 7.17. The van der Waals surface area contributed by atoms with Gasteiger partial charge in [0.1, 0.15) is 0 Å². The van der Waals surface area contributed by atoms with E-state index in [9.17, 15) is 0 Å². The van der Waals surface area contributed by atoms with Gasteiger partial charge >= 0.3 is 0 Å². The molecule has 4 heteroatoms. The van der Waals surface area contributed by atoms with Crippen molar-refractivity contribution in [3.63, 3.8) is 0 Å². The van der Waals surface area contributed by atoms with Gasteiger partial charge in [0.05, 0.1) is 6.10 Å². The van der Waals surface area contributed by atoms with E-state index in [2.05, 4.69) is 29.1 Å². The summed E-state index contributed by atoms with van der Waals surface area (Å²) in [6.45, 7) is 10.1. The second-order valence-corrected chi connectivity index (χ2v) is 4.40. The molecule has 0 bridgehead atoms. The van der Waals surface area contributed by atoms with Crippen LogP contribution in [0.15, 0.2) is 0 Å². The molecule has 0 aromatic rings. The molecule has 0 radical (unpaired) electrons. The van der Waals surface area contributed by atoms with Crippen LogP contribution in [0.25, 0.3) is 0 Å². The maximum absolute atomic E-state index is 5.17. The second-order valence-electron chi connectivity index (χ2n) is 4.40. The summed E-state index contributed by atoms with van der Waals surface area (Å²) in [7, 11) is 3.95. The van der Waals surface area contributed by atoms with Crippen molar-refractivity contribution in [2.24, 2.45) is 0 Å². The number of hydrogen-bond acceptors (Lipinski definition) is 4. The summed E-state index contributed by atoms with van der Waals surface area (Å²) in [6.07, 6.45) is 0.317. The van der Waals surface area contributed by atoms with Gasteiger partial charge < -0.3 is 15.0 Å². The summed E-state index contributed by atoms with van der Waals surface area (Å²) in [4.78, 5) is 4.90. The maximum Gasteiger partial charge on any atom is 0.0667 e. The third-order valence-corrected chi connectivity index (χ3v) is 3.03. The van der Waals surface area contributed by atoms with Crippen LogP contribution in [0, 0.1) is 0 Å². The molecule has 0 saturated carbocycles. The van der Waals surface area contributed by atoms with Gasteiger partial charge in [0.15, 0.2) is 0 Å². The van der Waals surface area contributed by atoms with Crippen molar-refractivity contribution in [2.45, 2.75) is 13.0 Å². The lowest BCUT2D eigenvalue weighted by Gasteiger charge is -2.32. The van der Waals surface area contributed by atoms with Crippen LogP contribution in [0.3, 0.4) is 0 Å². The Bertz CT molecular complexity index is 158. The Morgan fingerprint density at radius 3 is 2.53 bits per heavy atom. The summed E-state index contributed by atoms with van der Waals surface area (Å²) < 4.78 is 5.17. The first-order valence-corrected chi connectivity index (χ1v) is 5.87. The van der Waals surface area contributed by atoms with Gasteiger partial charge in [0, 0.05) is 52.9 Å². The predicted molar refractivity (Wildman–Crippen MR) is 63.3 cm³/mol. The van der Waals surface area contributed by atoms with Crippen molar-refractivity contribution in [1.82, 2.24) is 15.1 Å². The number of rotatable bonds is 6. The minimum absolute atomic E-state index is 0.317. The lowest BCUT2D eigenvalue weighted by atomic mass is 10.3. The summed E-state index contributed by atoms with van der Waals surface area (Å²) in [5, 5.41) is 3.41. The molecule has 1 aliphatic rings. The zero-order valence-electron chi connectivity index (χ0n) is 10.3. The molecule has 1 rings (SSSR count). The molecule has 15 heavy (non-hydrogen) atoms. The average molecular weight is 215 g/mol. The van der Waals surface area contributed by atoms with E-state index in [1.165, 1.54) is 26.2 Å². The number of likely N-dealkylation sites (N-methyl/N-ethyl adjacent to an activating group) is 1. The number of ether oxygens (including phenoxy) is 1. The van der Waals surface area contributed by atoms with Crippen molar-refractivity contribution in [3.8, 4) is 0 Å². The van der Waals surface area contributed by atoms with Gasteiger partial charge in [0.25, 0.3) is 0 Å². The minimum Gasteiger partial charge on any atom is -0.380 e. The van der Waals surface area contributed by atoms with E-state index in [-0.39, 0.29) is 0 Å². The van der Waals surface area contributed by atoms with Crippen LogP contribution in [0.2, 0.25) is 0 Å². The first kappa shape index (κ1) is 12.9. The molecule has 0 aromatic heterocycles. The molecule has 1 unspecified atom stereocenters. The fourth-order valence-electron chi connectivity index (χ4n) is 1.70. The fourth-order valence-corrected chi connectivity index (χ4v) is 1.70. The third kappa shape index (κ3) is 5.47. The normalized spacial score (nSPS) is 21.8. The molecule has 90 valence electrons. The summed E-state index contributed by atoms with van der Waals surface area (Å²) in [5.41, 5.74) is 0. The van der Waals surface area contributed by atoms with Gasteiger partial charge in [-0.3, -0.25) is 4.90 Å². The Kier molecular flexibility index (Phi) is 6.17. The van der Waals surface area contributed by atoms with Crippen LogP contribution >= 0.6 is 0 Å². The van der Waals surface area contributed by atoms with Gasteiger partial charge in [-0.25, -0.2) is 0 Å². The maximum atomic E-state index is 5.17. The van der Waals surface area contributed by atoms with E-state index in [1.54, 1.807) is 7.11 Å². The number of nitrogens with one attached hydrogen (secondary N) is 1. The molecular weight excluding hydrogens is 190 g/mol. The third-order valence-electron chi connectivity index (χ3n) is 3.03. The smallest absolute Gasteiger partial charge is 0.0667 e. The molecule has 0 aromatic carbocycles. The Labute approximate surface area is 93.6 Å². The Balaban J connectivity index is 1.96. The Morgan fingerprint density at radius 2 is 1.93 bits per heavy atom. The first-order chi connectivity index (χ1) is 7.22. The highest BCUT2D eigenvalue weighted by atomic mass is 16.5. The summed E-state index contributed by atoms with van der Waals surface area (Å²) >= 11 is 0. The molecule has 0 amide bonds. The topological polar surface area (TPSA) is 27.7 Å². The van der Waals surface area contributed by atoms with E-state index in [0.29, 0.717) is 6.10 Å². The fraction of sp³-hybridized carbons (Fsp3) is 1.00. The number of piperazine rings is 1. The SMILES string of the molecule is COC(C)CNCCN1CCN(C)CC1. The molecule has 1 aliphatic heterocycles. The van der Waals surface area contributed by atoms with Crippen LogP contribution in [0.5, 0.6) is 0 Å². The van der Waals surface area contributed by atoms with Crippen LogP contribution in [0.1, 0.15) is 6.92 Å². The predicted octanol–water partition coefficient (Wildman–Crippen LogP) is -0.142. The highest BCUT2D eigenvalue weighted by molar-refractivity contribution is 4.70. The van der Waals surface area contributed by atoms with Crippen LogP contribution in [-0.4, -0.2) is 75.9 Å². The molecule has 1 N–H and O–H groups in total. The quantitative estimate of drug-likeness (QED) is 0.624. The lowest BCUT2D eigenvalue weighted by molar-refractivity contribution is 0.114. The van der Waals surface area contributed by atoms with Crippen molar-refractivity contribution in [3.05, 3.63) is 0 Å². The van der Waals surface area contributed by atoms with E-state index in [4.69, 9.17) is 4.74 Å². The van der Waals surface area contributed by atoms with Crippen LogP contribution in [0.4, 0.5) is 0 Å². The Hall–Kier alpha value is -0.160. The van der Waals surface area contributed by atoms with Gasteiger partial charge in [-0.1, -0.05) is 0 Å². The van der Waals surface area contributed by atoms with Crippen molar-refractivity contribution in [2.75, 3.05) is 60.0 Å². The van der Waals surface area contributed by atoms with Gasteiger partial charge in [0.2, 0.25) is 0 Å². The zero-order valence-corrected chi connectivity index (χ0v) is 10.3. The summed E-state index contributed by atoms with van der Waals surface area (Å²) in [5.74, 6) is 0. The number of hydrogen-bond donors (Lipinski definition) is 1. The highest BCUT2D eigenvalue weighted by Gasteiger charge is 2.12. The first-order valence-electron chi connectivity index (χ1n) is 5.87. The number of nitrogens with zero attached hydrogens (tertiary/aromatic N) is 2. The zero-order chi connectivity index (χ0) is 11.1. The van der Waals surface area contributed by atoms with E-state index < -0.39 is 0 Å². The minimum atomic E-state index is 0.317. The Morgan fingerprint density at radius 1 is 1.27 bits per heavy atom. The molecule has 1 saturated heterocycles. The monoisotopic (exact) mass is 215 g/mol. The number of methoxy groups -OCH3 is 1. The molecule has 4 nitrogen and oxygen atoms in total. The van der Waals surface area contributed by atoms with E-state index in [0.717, 1.165) is 19.6 Å². The van der Waals surface area contributed by atoms with Gasteiger partial charge in [-0.2, -0.15) is 0 Å². The van der Waals surface area contributed by atoms with E-state index >= 15 is 0 Å². The van der Waals surface area contributed by atoms with Crippen molar-refractivity contribution >= 4 is 0 Å². The van der Waals surface area contributed by atoms with Crippen LogP contribution in [-0.2, 0) is 4.74 Å². The largest absolute Gasteiger partial charge is 0.380 e. The lowest BCUT2D eigenvalue weighted by Crippen LogP contribution is -2.46. The standard InChI is InChI=1S/C11H25N3O/c1-11(15-3)10-12-4-5-14-8-6-13(2)7-9-14/h11-12H,4-10H2,1-3H3. The molecule has 1 atom stereocenters. The van der Waals surface area contributed by atoms with Gasteiger partial charge in [-0.15, -0.1) is 0 Å². The molecule has 0 aliphatic carbocycles. The van der Waals surface area contributed by atoms with Gasteiger partial charge in [-0.05, 0) is 14.0 Å². The van der Waals surface area contributed by atoms with Crippen LogP contribution < -0.4 is 5.32 Å². The van der Waals surface area contributed by atoms with E-state index in [1.807, 2.05) is 0 Å².